The minimum absolute atomic E-state index is 0.0774. The molecule has 1 saturated heterocycles. The summed E-state index contributed by atoms with van der Waals surface area (Å²) in [6.45, 7) is 8.89. The summed E-state index contributed by atoms with van der Waals surface area (Å²) in [7, 11) is 0. The first kappa shape index (κ1) is 14.7. The smallest absolute Gasteiger partial charge is 0.118 e. The number of rotatable bonds is 4. The molecule has 2 aliphatic rings. The Bertz CT molecular complexity index is 349. The summed E-state index contributed by atoms with van der Waals surface area (Å²) in [5.41, 5.74) is 0. The highest BCUT2D eigenvalue weighted by Crippen LogP contribution is 2.31. The quantitative estimate of drug-likeness (QED) is 0.840. The first-order valence-electron chi connectivity index (χ1n) is 7.64. The molecule has 3 heteroatoms. The van der Waals surface area contributed by atoms with E-state index in [0.29, 0.717) is 24.0 Å². The van der Waals surface area contributed by atoms with E-state index in [1.165, 1.54) is 12.8 Å². The van der Waals surface area contributed by atoms with Gasteiger partial charge in [0.15, 0.2) is 0 Å². The number of piperidine rings is 1. The van der Waals surface area contributed by atoms with Gasteiger partial charge in [0.25, 0.3) is 0 Å². The van der Waals surface area contributed by atoms with Gasteiger partial charge in [0.05, 0.1) is 0 Å². The van der Waals surface area contributed by atoms with Crippen molar-refractivity contribution in [2.24, 2.45) is 5.92 Å². The summed E-state index contributed by atoms with van der Waals surface area (Å²) in [5.74, 6) is 0.384. The molecule has 108 valence electrons. The van der Waals surface area contributed by atoms with Crippen molar-refractivity contribution >= 4 is 0 Å². The summed E-state index contributed by atoms with van der Waals surface area (Å²) in [6.07, 6.45) is 8.70. The van der Waals surface area contributed by atoms with Gasteiger partial charge in [-0.3, -0.25) is 4.90 Å². The Kier molecular flexibility index (Phi) is 5.17. The van der Waals surface area contributed by atoms with E-state index in [2.05, 4.69) is 37.1 Å². The molecule has 1 aliphatic heterocycles. The Morgan fingerprint density at radius 2 is 2.26 bits per heavy atom. The summed E-state index contributed by atoms with van der Waals surface area (Å²) in [4.78, 5) is 2.60. The van der Waals surface area contributed by atoms with E-state index in [9.17, 15) is 4.39 Å². The number of nitrogens with one attached hydrogen (secondary N) is 1. The Morgan fingerprint density at radius 3 is 2.84 bits per heavy atom. The van der Waals surface area contributed by atoms with Crippen molar-refractivity contribution in [3.05, 3.63) is 24.1 Å². The maximum absolute atomic E-state index is 13.1. The molecule has 2 nitrogen and oxygen atoms in total. The number of likely N-dealkylation sites (tertiary alicyclic amines) is 1. The molecule has 0 radical (unpaired) electrons. The Hall–Kier alpha value is -0.670. The highest BCUT2D eigenvalue weighted by Gasteiger charge is 2.34. The molecule has 0 bridgehead atoms. The number of hydrogen-bond acceptors (Lipinski definition) is 2. The molecule has 2 rings (SSSR count). The topological polar surface area (TPSA) is 15.3 Å². The van der Waals surface area contributed by atoms with Gasteiger partial charge < -0.3 is 5.32 Å². The maximum atomic E-state index is 13.1. The lowest BCUT2D eigenvalue weighted by Gasteiger charge is -2.45. The van der Waals surface area contributed by atoms with E-state index >= 15 is 0 Å². The van der Waals surface area contributed by atoms with Crippen LogP contribution in [0.2, 0.25) is 0 Å². The van der Waals surface area contributed by atoms with Crippen LogP contribution in [0, 0.1) is 5.92 Å². The molecular formula is C16H27FN2. The molecule has 0 aromatic rings. The van der Waals surface area contributed by atoms with Crippen molar-refractivity contribution in [2.75, 3.05) is 13.1 Å². The van der Waals surface area contributed by atoms with Gasteiger partial charge >= 0.3 is 0 Å². The second-order valence-corrected chi connectivity index (χ2v) is 6.03. The molecular weight excluding hydrogens is 239 g/mol. The molecule has 0 amide bonds. The molecule has 1 fully saturated rings. The highest BCUT2D eigenvalue weighted by atomic mass is 19.1. The van der Waals surface area contributed by atoms with Crippen LogP contribution in [0.25, 0.3) is 0 Å². The van der Waals surface area contributed by atoms with Crippen molar-refractivity contribution in [2.45, 2.75) is 58.2 Å². The van der Waals surface area contributed by atoms with Gasteiger partial charge in [0, 0.05) is 24.7 Å². The summed E-state index contributed by atoms with van der Waals surface area (Å²) in [5, 5.41) is 3.58. The lowest BCUT2D eigenvalue weighted by molar-refractivity contribution is 0.0675. The van der Waals surface area contributed by atoms with E-state index in [1.54, 1.807) is 12.2 Å². The van der Waals surface area contributed by atoms with Crippen LogP contribution in [0.1, 0.15) is 40.0 Å². The zero-order chi connectivity index (χ0) is 13.8. The molecule has 0 saturated carbocycles. The number of allylic oxidation sites excluding steroid dienone is 3. The van der Waals surface area contributed by atoms with E-state index in [0.717, 1.165) is 19.5 Å². The molecule has 1 N–H and O–H groups in total. The number of halogens is 1. The predicted molar refractivity (Wildman–Crippen MR) is 78.8 cm³/mol. The van der Waals surface area contributed by atoms with Gasteiger partial charge in [-0.15, -0.1) is 0 Å². The van der Waals surface area contributed by atoms with Crippen molar-refractivity contribution in [1.82, 2.24) is 10.2 Å². The molecule has 0 spiro atoms. The van der Waals surface area contributed by atoms with Gasteiger partial charge in [0.2, 0.25) is 0 Å². The van der Waals surface area contributed by atoms with Crippen molar-refractivity contribution in [1.29, 1.82) is 0 Å². The fraction of sp³-hybridized carbons (Fsp3) is 0.750. The zero-order valence-corrected chi connectivity index (χ0v) is 12.4. The number of hydrogen-bond donors (Lipinski definition) is 1. The second kappa shape index (κ2) is 6.67. The maximum Gasteiger partial charge on any atom is 0.118 e. The highest BCUT2D eigenvalue weighted by molar-refractivity contribution is 5.19. The first-order chi connectivity index (χ1) is 9.11. The zero-order valence-electron chi connectivity index (χ0n) is 12.4. The first-order valence-corrected chi connectivity index (χ1v) is 7.64. The fourth-order valence-corrected chi connectivity index (χ4v) is 3.45. The Balaban J connectivity index is 2.05. The largest absolute Gasteiger partial charge is 0.314 e. The van der Waals surface area contributed by atoms with E-state index in [1.807, 2.05) is 0 Å². The third-order valence-electron chi connectivity index (χ3n) is 4.43. The molecule has 3 atom stereocenters. The van der Waals surface area contributed by atoms with Gasteiger partial charge in [-0.25, -0.2) is 4.39 Å². The van der Waals surface area contributed by atoms with Gasteiger partial charge in [0.1, 0.15) is 5.83 Å². The summed E-state index contributed by atoms with van der Waals surface area (Å²) >= 11 is 0. The van der Waals surface area contributed by atoms with Crippen LogP contribution in [0.5, 0.6) is 0 Å². The summed E-state index contributed by atoms with van der Waals surface area (Å²) in [6, 6.07) is 1.73. The van der Waals surface area contributed by atoms with Crippen LogP contribution in [0.3, 0.4) is 0 Å². The molecule has 0 aromatic carbocycles. The van der Waals surface area contributed by atoms with E-state index in [4.69, 9.17) is 0 Å². The third kappa shape index (κ3) is 3.67. The van der Waals surface area contributed by atoms with E-state index in [-0.39, 0.29) is 5.83 Å². The van der Waals surface area contributed by atoms with Gasteiger partial charge in [-0.2, -0.15) is 0 Å². The Morgan fingerprint density at radius 1 is 1.47 bits per heavy atom. The minimum atomic E-state index is -0.0774. The van der Waals surface area contributed by atoms with Gasteiger partial charge in [-0.05, 0) is 57.7 Å². The van der Waals surface area contributed by atoms with Crippen LogP contribution in [-0.2, 0) is 0 Å². The minimum Gasteiger partial charge on any atom is -0.314 e. The summed E-state index contributed by atoms with van der Waals surface area (Å²) < 4.78 is 13.1. The van der Waals surface area contributed by atoms with Crippen LogP contribution in [0.4, 0.5) is 4.39 Å². The van der Waals surface area contributed by atoms with Crippen molar-refractivity contribution in [3.63, 3.8) is 0 Å². The molecule has 1 aliphatic carbocycles. The normalized spacial score (nSPS) is 32.7. The van der Waals surface area contributed by atoms with Gasteiger partial charge in [-0.1, -0.05) is 13.0 Å². The average Bonchev–Trinajstić information content (AvgIpc) is 2.39. The van der Waals surface area contributed by atoms with Crippen molar-refractivity contribution < 1.29 is 4.39 Å². The standard InChI is InChI=1S/C16H27FN2/c1-4-18-15-9-10-19(12(2)3)16(11-15)13-5-7-14(17)8-6-13/h5,7-8,12-13,15-16,18H,4,6,9-11H2,1-3H3/t13?,15-,16+/m1/s1. The molecule has 1 heterocycles. The second-order valence-electron chi connectivity index (χ2n) is 6.03. The SMILES string of the molecule is CCN[C@@H]1CCN(C(C)C)[C@H](C2C=CC(F)=CC2)C1. The van der Waals surface area contributed by atoms with E-state index < -0.39 is 0 Å². The Labute approximate surface area is 116 Å². The van der Waals surface area contributed by atoms with Crippen molar-refractivity contribution in [3.8, 4) is 0 Å². The van der Waals surface area contributed by atoms with Crippen LogP contribution in [0.15, 0.2) is 24.1 Å². The lowest BCUT2D eigenvalue weighted by atomic mass is 9.83. The monoisotopic (exact) mass is 266 g/mol. The average molecular weight is 266 g/mol. The van der Waals surface area contributed by atoms with Crippen LogP contribution in [-0.4, -0.2) is 36.1 Å². The molecule has 19 heavy (non-hydrogen) atoms. The predicted octanol–water partition coefficient (Wildman–Crippen LogP) is 3.27. The lowest BCUT2D eigenvalue weighted by Crippen LogP contribution is -2.53. The molecule has 0 aromatic heterocycles. The fourth-order valence-electron chi connectivity index (χ4n) is 3.45. The third-order valence-corrected chi connectivity index (χ3v) is 4.43. The van der Waals surface area contributed by atoms with Crippen LogP contribution >= 0.6 is 0 Å². The molecule has 1 unspecified atom stereocenters. The number of nitrogens with zero attached hydrogens (tertiary/aromatic N) is 1. The van der Waals surface area contributed by atoms with Crippen LogP contribution < -0.4 is 5.32 Å².